The summed E-state index contributed by atoms with van der Waals surface area (Å²) in [6, 6.07) is 0. The first-order valence-corrected chi connectivity index (χ1v) is 4.17. The standard InChI is InChI=1S/C6H12N2OS/c1-6(3-9)4-10-5(7-2)8-6/h9H,3-4H2,1-2H3,(H,7,8). The van der Waals surface area contributed by atoms with Gasteiger partial charge < -0.3 is 10.4 Å². The Morgan fingerprint density at radius 2 is 2.60 bits per heavy atom. The van der Waals surface area contributed by atoms with Crippen LogP contribution in [0.5, 0.6) is 0 Å². The Morgan fingerprint density at radius 1 is 1.90 bits per heavy atom. The lowest BCUT2D eigenvalue weighted by Crippen LogP contribution is -2.43. The molecular formula is C6H12N2OS. The molecule has 0 amide bonds. The van der Waals surface area contributed by atoms with Crippen molar-refractivity contribution in [3.63, 3.8) is 0 Å². The molecule has 1 unspecified atom stereocenters. The third-order valence-electron chi connectivity index (χ3n) is 1.49. The van der Waals surface area contributed by atoms with E-state index in [9.17, 15) is 0 Å². The van der Waals surface area contributed by atoms with Crippen molar-refractivity contribution in [3.05, 3.63) is 0 Å². The number of aliphatic hydroxyl groups is 1. The topological polar surface area (TPSA) is 44.6 Å². The second-order valence-corrected chi connectivity index (χ2v) is 3.63. The molecule has 1 aliphatic heterocycles. The van der Waals surface area contributed by atoms with Crippen molar-refractivity contribution in [3.8, 4) is 0 Å². The van der Waals surface area contributed by atoms with Crippen molar-refractivity contribution in [1.82, 2.24) is 5.32 Å². The highest BCUT2D eigenvalue weighted by Gasteiger charge is 2.31. The molecule has 0 aromatic carbocycles. The molecule has 0 aromatic heterocycles. The highest BCUT2D eigenvalue weighted by atomic mass is 32.2. The van der Waals surface area contributed by atoms with Gasteiger partial charge in [-0.25, -0.2) is 0 Å². The summed E-state index contributed by atoms with van der Waals surface area (Å²) in [6.45, 7) is 2.15. The van der Waals surface area contributed by atoms with Gasteiger partial charge in [0.15, 0.2) is 5.17 Å². The third kappa shape index (κ3) is 1.44. The molecule has 2 N–H and O–H groups in total. The maximum Gasteiger partial charge on any atom is 0.156 e. The predicted molar refractivity (Wildman–Crippen MR) is 44.4 cm³/mol. The van der Waals surface area contributed by atoms with Crippen LogP contribution in [0.3, 0.4) is 0 Å². The summed E-state index contributed by atoms with van der Waals surface area (Å²) in [5.74, 6) is 0.899. The molecule has 1 saturated heterocycles. The summed E-state index contributed by atoms with van der Waals surface area (Å²) in [7, 11) is 1.75. The van der Waals surface area contributed by atoms with Gasteiger partial charge in [0.05, 0.1) is 12.1 Å². The molecule has 4 heteroatoms. The fourth-order valence-electron chi connectivity index (χ4n) is 0.764. The van der Waals surface area contributed by atoms with E-state index in [2.05, 4.69) is 10.3 Å². The second kappa shape index (κ2) is 2.80. The number of aliphatic hydroxyl groups excluding tert-OH is 1. The van der Waals surface area contributed by atoms with Crippen molar-refractivity contribution < 1.29 is 5.11 Å². The van der Waals surface area contributed by atoms with Crippen LogP contribution >= 0.6 is 11.8 Å². The maximum absolute atomic E-state index is 8.91. The Kier molecular flexibility index (Phi) is 2.21. The Hall–Kier alpha value is -0.220. The van der Waals surface area contributed by atoms with E-state index in [1.165, 1.54) is 0 Å². The first-order chi connectivity index (χ1) is 4.70. The van der Waals surface area contributed by atoms with Crippen LogP contribution in [0, 0.1) is 0 Å². The second-order valence-electron chi connectivity index (χ2n) is 2.66. The number of aliphatic imine (C=N–C) groups is 1. The number of rotatable bonds is 1. The largest absolute Gasteiger partial charge is 0.394 e. The lowest BCUT2D eigenvalue weighted by molar-refractivity contribution is 0.213. The molecule has 58 valence electrons. The lowest BCUT2D eigenvalue weighted by atomic mass is 10.1. The molecule has 1 heterocycles. The van der Waals surface area contributed by atoms with Crippen molar-refractivity contribution in [2.45, 2.75) is 12.5 Å². The van der Waals surface area contributed by atoms with Crippen molar-refractivity contribution >= 4 is 16.9 Å². The van der Waals surface area contributed by atoms with Crippen molar-refractivity contribution in [2.75, 3.05) is 19.4 Å². The Bertz CT molecular complexity index is 160. The van der Waals surface area contributed by atoms with Crippen LogP contribution in [-0.4, -0.2) is 35.2 Å². The molecule has 0 radical (unpaired) electrons. The number of nitrogens with one attached hydrogen (secondary N) is 1. The van der Waals surface area contributed by atoms with Crippen LogP contribution in [0.15, 0.2) is 4.99 Å². The summed E-state index contributed by atoms with van der Waals surface area (Å²) < 4.78 is 0. The van der Waals surface area contributed by atoms with Gasteiger partial charge in [-0.2, -0.15) is 0 Å². The van der Waals surface area contributed by atoms with Gasteiger partial charge in [-0.3, -0.25) is 4.99 Å². The number of nitrogens with zero attached hydrogens (tertiary/aromatic N) is 1. The van der Waals surface area contributed by atoms with Crippen LogP contribution in [0.4, 0.5) is 0 Å². The highest BCUT2D eigenvalue weighted by molar-refractivity contribution is 8.14. The van der Waals surface area contributed by atoms with E-state index in [0.717, 1.165) is 10.9 Å². The van der Waals surface area contributed by atoms with Gasteiger partial charge in [-0.05, 0) is 6.92 Å². The number of thioether (sulfide) groups is 1. The quantitative estimate of drug-likeness (QED) is 0.570. The SMILES string of the molecule is CN=C1NC(C)(CO)CS1. The molecule has 0 aromatic rings. The minimum Gasteiger partial charge on any atom is -0.394 e. The van der Waals surface area contributed by atoms with Crippen LogP contribution in [0.1, 0.15) is 6.92 Å². The van der Waals surface area contributed by atoms with E-state index in [0.29, 0.717) is 0 Å². The summed E-state index contributed by atoms with van der Waals surface area (Å²) in [5, 5.41) is 13.0. The molecule has 0 saturated carbocycles. The first-order valence-electron chi connectivity index (χ1n) is 3.19. The smallest absolute Gasteiger partial charge is 0.156 e. The highest BCUT2D eigenvalue weighted by Crippen LogP contribution is 2.21. The van der Waals surface area contributed by atoms with E-state index in [-0.39, 0.29) is 12.1 Å². The normalized spacial score (nSPS) is 36.5. The van der Waals surface area contributed by atoms with E-state index in [1.807, 2.05) is 6.92 Å². The molecular weight excluding hydrogens is 148 g/mol. The summed E-state index contributed by atoms with van der Waals surface area (Å²) in [6.07, 6.45) is 0. The summed E-state index contributed by atoms with van der Waals surface area (Å²) in [5.41, 5.74) is -0.153. The van der Waals surface area contributed by atoms with Gasteiger partial charge >= 0.3 is 0 Å². The van der Waals surface area contributed by atoms with Crippen LogP contribution in [0.25, 0.3) is 0 Å². The zero-order valence-corrected chi connectivity index (χ0v) is 7.03. The molecule has 1 aliphatic rings. The molecule has 3 nitrogen and oxygen atoms in total. The number of hydrogen-bond donors (Lipinski definition) is 2. The fraction of sp³-hybridized carbons (Fsp3) is 0.833. The minimum atomic E-state index is -0.153. The van der Waals surface area contributed by atoms with E-state index < -0.39 is 0 Å². The molecule has 0 bridgehead atoms. The lowest BCUT2D eigenvalue weighted by Gasteiger charge is -2.19. The first kappa shape index (κ1) is 7.88. The van der Waals surface area contributed by atoms with Gasteiger partial charge in [0.25, 0.3) is 0 Å². The monoisotopic (exact) mass is 160 g/mol. The van der Waals surface area contributed by atoms with Crippen molar-refractivity contribution in [1.29, 1.82) is 0 Å². The van der Waals surface area contributed by atoms with E-state index in [1.54, 1.807) is 18.8 Å². The van der Waals surface area contributed by atoms with Gasteiger partial charge in [0, 0.05) is 12.8 Å². The average Bonchev–Trinajstić information content (AvgIpc) is 2.33. The number of amidine groups is 1. The number of hydrogen-bond acceptors (Lipinski definition) is 3. The third-order valence-corrected chi connectivity index (χ3v) is 2.83. The van der Waals surface area contributed by atoms with Gasteiger partial charge in [-0.1, -0.05) is 11.8 Å². The van der Waals surface area contributed by atoms with Crippen molar-refractivity contribution in [2.24, 2.45) is 4.99 Å². The molecule has 10 heavy (non-hydrogen) atoms. The van der Waals surface area contributed by atoms with Crippen LogP contribution < -0.4 is 5.32 Å². The summed E-state index contributed by atoms with van der Waals surface area (Å²) in [4.78, 5) is 3.99. The predicted octanol–water partition coefficient (Wildman–Crippen LogP) is 0.0596. The van der Waals surface area contributed by atoms with Crippen LogP contribution in [0.2, 0.25) is 0 Å². The molecule has 0 aliphatic carbocycles. The summed E-state index contributed by atoms with van der Waals surface area (Å²) >= 11 is 1.65. The Morgan fingerprint density at radius 3 is 2.90 bits per heavy atom. The van der Waals surface area contributed by atoms with Gasteiger partial charge in [0.1, 0.15) is 0 Å². The molecule has 1 fully saturated rings. The van der Waals surface area contributed by atoms with Crippen LogP contribution in [-0.2, 0) is 0 Å². The van der Waals surface area contributed by atoms with E-state index in [4.69, 9.17) is 5.11 Å². The molecule has 0 spiro atoms. The fourth-order valence-corrected chi connectivity index (χ4v) is 1.83. The minimum absolute atomic E-state index is 0.153. The average molecular weight is 160 g/mol. The Labute approximate surface area is 64.9 Å². The zero-order valence-electron chi connectivity index (χ0n) is 6.22. The Balaban J connectivity index is 2.57. The zero-order chi connectivity index (χ0) is 7.61. The van der Waals surface area contributed by atoms with E-state index >= 15 is 0 Å². The molecule has 1 atom stereocenters. The van der Waals surface area contributed by atoms with Gasteiger partial charge in [-0.15, -0.1) is 0 Å². The molecule has 1 rings (SSSR count). The maximum atomic E-state index is 8.91. The van der Waals surface area contributed by atoms with Gasteiger partial charge in [0.2, 0.25) is 0 Å².